The minimum Gasteiger partial charge on any atom is -0.488 e. The van der Waals surface area contributed by atoms with Crippen molar-refractivity contribution in [2.24, 2.45) is 5.73 Å². The Balaban J connectivity index is 2.04. The normalized spacial score (nSPS) is 10.2. The first-order chi connectivity index (χ1) is 7.40. The zero-order valence-corrected chi connectivity index (χ0v) is 9.17. The van der Waals surface area contributed by atoms with Crippen molar-refractivity contribution in [1.29, 1.82) is 0 Å². The molecule has 0 fully saturated rings. The molecule has 2 aromatic rings. The third-order valence-electron chi connectivity index (χ3n) is 2.14. The number of hydrogen-bond donors (Lipinski definition) is 1. The van der Waals surface area contributed by atoms with Crippen LogP contribution in [0.2, 0.25) is 0 Å². The Morgan fingerprint density at radius 3 is 2.73 bits per heavy atom. The summed E-state index contributed by atoms with van der Waals surface area (Å²) in [6.45, 7) is 1.13. The van der Waals surface area contributed by atoms with E-state index in [4.69, 9.17) is 10.5 Å². The number of hydrogen-bond acceptors (Lipinski definition) is 3. The lowest BCUT2D eigenvalue weighted by Gasteiger charge is -2.08. The highest BCUT2D eigenvalue weighted by atomic mass is 32.1. The minimum atomic E-state index is 0.514. The van der Waals surface area contributed by atoms with Crippen molar-refractivity contribution in [1.82, 2.24) is 0 Å². The number of rotatable bonds is 4. The van der Waals surface area contributed by atoms with Crippen LogP contribution in [0.15, 0.2) is 41.8 Å². The molecule has 0 atom stereocenters. The summed E-state index contributed by atoms with van der Waals surface area (Å²) in [6.07, 6.45) is 0. The Bertz CT molecular complexity index is 411. The molecule has 0 amide bonds. The Morgan fingerprint density at radius 1 is 1.13 bits per heavy atom. The van der Waals surface area contributed by atoms with Crippen LogP contribution in [0.1, 0.15) is 10.4 Å². The van der Waals surface area contributed by atoms with Crippen molar-refractivity contribution in [3.05, 3.63) is 52.2 Å². The van der Waals surface area contributed by atoms with Crippen LogP contribution < -0.4 is 10.5 Å². The molecular formula is C12H13NOS. The van der Waals surface area contributed by atoms with E-state index in [1.807, 2.05) is 35.7 Å². The van der Waals surface area contributed by atoms with Crippen LogP contribution in [0, 0.1) is 0 Å². The number of para-hydroxylation sites is 1. The molecule has 0 radical (unpaired) electrons. The Labute approximate surface area is 93.3 Å². The van der Waals surface area contributed by atoms with Crippen molar-refractivity contribution in [2.75, 3.05) is 0 Å². The summed E-state index contributed by atoms with van der Waals surface area (Å²) in [6, 6.07) is 12.0. The molecule has 78 valence electrons. The van der Waals surface area contributed by atoms with Crippen molar-refractivity contribution < 1.29 is 4.74 Å². The molecule has 0 saturated carbocycles. The van der Waals surface area contributed by atoms with Gasteiger partial charge in [0.1, 0.15) is 12.4 Å². The summed E-state index contributed by atoms with van der Waals surface area (Å²) in [5, 5.41) is 2.05. The van der Waals surface area contributed by atoms with E-state index >= 15 is 0 Å². The van der Waals surface area contributed by atoms with Gasteiger partial charge in [0.15, 0.2) is 0 Å². The molecule has 0 aliphatic heterocycles. The maximum Gasteiger partial charge on any atom is 0.124 e. The second-order valence-corrected chi connectivity index (χ2v) is 4.21. The zero-order chi connectivity index (χ0) is 10.5. The van der Waals surface area contributed by atoms with E-state index in [-0.39, 0.29) is 0 Å². The largest absolute Gasteiger partial charge is 0.488 e. The number of thiophene rings is 1. The van der Waals surface area contributed by atoms with Gasteiger partial charge in [-0.25, -0.2) is 0 Å². The molecule has 0 saturated heterocycles. The summed E-state index contributed by atoms with van der Waals surface area (Å²) in [4.78, 5) is 1.22. The van der Waals surface area contributed by atoms with E-state index in [0.717, 1.165) is 11.3 Å². The number of ether oxygens (including phenoxy) is 1. The quantitative estimate of drug-likeness (QED) is 0.858. The van der Waals surface area contributed by atoms with Crippen molar-refractivity contribution in [2.45, 2.75) is 13.2 Å². The van der Waals surface area contributed by atoms with Gasteiger partial charge in [0.25, 0.3) is 0 Å². The van der Waals surface area contributed by atoms with Crippen LogP contribution in [0.3, 0.4) is 0 Å². The topological polar surface area (TPSA) is 35.2 Å². The maximum atomic E-state index is 5.70. The minimum absolute atomic E-state index is 0.514. The molecule has 0 aliphatic rings. The van der Waals surface area contributed by atoms with E-state index in [1.54, 1.807) is 11.3 Å². The Kier molecular flexibility index (Phi) is 3.37. The second kappa shape index (κ2) is 4.96. The van der Waals surface area contributed by atoms with Crippen LogP contribution >= 0.6 is 11.3 Å². The Hall–Kier alpha value is -1.32. The number of benzene rings is 1. The van der Waals surface area contributed by atoms with Gasteiger partial charge in [-0.05, 0) is 17.5 Å². The smallest absolute Gasteiger partial charge is 0.124 e. The molecule has 15 heavy (non-hydrogen) atoms. The fourth-order valence-electron chi connectivity index (χ4n) is 1.36. The number of nitrogens with two attached hydrogens (primary N) is 1. The monoisotopic (exact) mass is 219 g/mol. The van der Waals surface area contributed by atoms with Gasteiger partial charge in [0.05, 0.1) is 0 Å². The van der Waals surface area contributed by atoms with E-state index in [2.05, 4.69) is 6.07 Å². The van der Waals surface area contributed by atoms with Crippen molar-refractivity contribution in [3.8, 4) is 5.75 Å². The first-order valence-corrected chi connectivity index (χ1v) is 5.71. The van der Waals surface area contributed by atoms with Gasteiger partial charge in [-0.2, -0.15) is 0 Å². The molecule has 0 aliphatic carbocycles. The van der Waals surface area contributed by atoms with E-state index in [9.17, 15) is 0 Å². The van der Waals surface area contributed by atoms with Gasteiger partial charge in [-0.1, -0.05) is 24.3 Å². The predicted molar refractivity (Wildman–Crippen MR) is 63.0 cm³/mol. The van der Waals surface area contributed by atoms with Crippen LogP contribution in [0.25, 0.3) is 0 Å². The molecule has 1 aromatic heterocycles. The molecule has 0 bridgehead atoms. The summed E-state index contributed by atoms with van der Waals surface area (Å²) in [7, 11) is 0. The lowest BCUT2D eigenvalue weighted by atomic mass is 10.2. The van der Waals surface area contributed by atoms with Crippen LogP contribution in [-0.2, 0) is 13.2 Å². The molecule has 1 heterocycles. The summed E-state index contributed by atoms with van der Waals surface area (Å²) < 4.78 is 5.70. The maximum absolute atomic E-state index is 5.70. The van der Waals surface area contributed by atoms with Crippen LogP contribution in [0.5, 0.6) is 5.75 Å². The lowest BCUT2D eigenvalue weighted by Crippen LogP contribution is -2.01. The fourth-order valence-corrected chi connectivity index (χ4v) is 1.97. The fraction of sp³-hybridized carbons (Fsp3) is 0.167. The average molecular weight is 219 g/mol. The van der Waals surface area contributed by atoms with Gasteiger partial charge in [-0.15, -0.1) is 11.3 Å². The standard InChI is InChI=1S/C12H13NOS/c13-8-10-4-1-2-6-12(10)14-9-11-5-3-7-15-11/h1-7H,8-9,13H2. The highest BCUT2D eigenvalue weighted by Crippen LogP contribution is 2.19. The molecule has 2 nitrogen and oxygen atoms in total. The van der Waals surface area contributed by atoms with Gasteiger partial charge >= 0.3 is 0 Å². The zero-order valence-electron chi connectivity index (χ0n) is 8.35. The summed E-state index contributed by atoms with van der Waals surface area (Å²) in [5.41, 5.74) is 6.67. The third kappa shape index (κ3) is 2.58. The van der Waals surface area contributed by atoms with E-state index in [1.165, 1.54) is 4.88 Å². The van der Waals surface area contributed by atoms with Gasteiger partial charge in [0, 0.05) is 17.0 Å². The second-order valence-electron chi connectivity index (χ2n) is 3.18. The van der Waals surface area contributed by atoms with E-state index in [0.29, 0.717) is 13.2 Å². The molecule has 0 unspecified atom stereocenters. The molecule has 3 heteroatoms. The average Bonchev–Trinajstić information content (AvgIpc) is 2.79. The summed E-state index contributed by atoms with van der Waals surface area (Å²) in [5.74, 6) is 0.883. The highest BCUT2D eigenvalue weighted by Gasteiger charge is 2.01. The lowest BCUT2D eigenvalue weighted by molar-refractivity contribution is 0.306. The Morgan fingerprint density at radius 2 is 2.00 bits per heavy atom. The van der Waals surface area contributed by atoms with Crippen molar-refractivity contribution in [3.63, 3.8) is 0 Å². The molecule has 1 aromatic carbocycles. The van der Waals surface area contributed by atoms with Gasteiger partial charge in [-0.3, -0.25) is 0 Å². The van der Waals surface area contributed by atoms with Gasteiger partial charge < -0.3 is 10.5 Å². The first kappa shape index (κ1) is 10.2. The highest BCUT2D eigenvalue weighted by molar-refractivity contribution is 7.09. The molecular weight excluding hydrogens is 206 g/mol. The molecule has 2 rings (SSSR count). The first-order valence-electron chi connectivity index (χ1n) is 4.83. The molecule has 0 spiro atoms. The summed E-state index contributed by atoms with van der Waals surface area (Å²) >= 11 is 1.70. The van der Waals surface area contributed by atoms with E-state index < -0.39 is 0 Å². The van der Waals surface area contributed by atoms with Crippen molar-refractivity contribution >= 4 is 11.3 Å². The van der Waals surface area contributed by atoms with Gasteiger partial charge in [0.2, 0.25) is 0 Å². The SMILES string of the molecule is NCc1ccccc1OCc1cccs1. The molecule has 2 N–H and O–H groups in total. The van der Waals surface area contributed by atoms with Crippen LogP contribution in [-0.4, -0.2) is 0 Å². The predicted octanol–water partition coefficient (Wildman–Crippen LogP) is 2.79. The third-order valence-corrected chi connectivity index (χ3v) is 2.99. The van der Waals surface area contributed by atoms with Crippen LogP contribution in [0.4, 0.5) is 0 Å².